The Hall–Kier alpha value is -2.53. The van der Waals surface area contributed by atoms with Crippen LogP contribution >= 0.6 is 0 Å². The minimum Gasteiger partial charge on any atom is -0.392 e. The molecule has 3 aliphatic heterocycles. The van der Waals surface area contributed by atoms with Crippen molar-refractivity contribution in [3.8, 4) is 0 Å². The molecule has 3 aliphatic rings. The molecule has 2 aromatic rings. The second-order valence-corrected chi connectivity index (χ2v) is 10.2. The topological polar surface area (TPSA) is 102 Å². The third kappa shape index (κ3) is 6.72. The van der Waals surface area contributed by atoms with Crippen LogP contribution in [0.25, 0.3) is 0 Å². The number of amides is 2. The fraction of sp³-hybridized carbons (Fsp3) is 0.552. The summed E-state index contributed by atoms with van der Waals surface area (Å²) in [6.07, 6.45) is 1.87. The largest absolute Gasteiger partial charge is 0.392 e. The van der Waals surface area contributed by atoms with E-state index in [2.05, 4.69) is 15.5 Å². The van der Waals surface area contributed by atoms with Crippen molar-refractivity contribution >= 4 is 6.03 Å². The summed E-state index contributed by atoms with van der Waals surface area (Å²) >= 11 is 0. The third-order valence-electron chi connectivity index (χ3n) is 7.55. The van der Waals surface area contributed by atoms with Gasteiger partial charge in [0, 0.05) is 57.5 Å². The summed E-state index contributed by atoms with van der Waals surface area (Å²) in [4.78, 5) is 14.2. The molecule has 2 aromatic carbocycles. The van der Waals surface area contributed by atoms with Crippen molar-refractivity contribution in [2.75, 3.05) is 39.4 Å². The first-order chi connectivity index (χ1) is 18.6. The number of aliphatic hydroxyl groups is 1. The Morgan fingerprint density at radius 1 is 0.947 bits per heavy atom. The number of hydrogen-bond donors (Lipinski definition) is 3. The molecule has 3 heterocycles. The molecule has 3 saturated heterocycles. The first-order valence-electron chi connectivity index (χ1n) is 13.7. The number of ether oxygens (including phenoxy) is 4. The Kier molecular flexibility index (Phi) is 8.93. The first kappa shape index (κ1) is 27.1. The lowest BCUT2D eigenvalue weighted by Gasteiger charge is -2.41. The molecule has 3 N–H and O–H groups in total. The monoisotopic (exact) mass is 525 g/mol. The zero-order chi connectivity index (χ0) is 26.4. The van der Waals surface area contributed by atoms with E-state index in [1.807, 2.05) is 55.5 Å². The van der Waals surface area contributed by atoms with Gasteiger partial charge in [-0.3, -0.25) is 0 Å². The Labute approximate surface area is 224 Å². The zero-order valence-electron chi connectivity index (χ0n) is 22.1. The number of nitrogens with one attached hydrogen (secondary N) is 2. The molecule has 3 fully saturated rings. The van der Waals surface area contributed by atoms with Gasteiger partial charge in [0.25, 0.3) is 0 Å². The van der Waals surface area contributed by atoms with Crippen LogP contribution in [-0.2, 0) is 32.1 Å². The van der Waals surface area contributed by atoms with Crippen LogP contribution in [0.2, 0.25) is 0 Å². The van der Waals surface area contributed by atoms with Gasteiger partial charge < -0.3 is 39.6 Å². The van der Waals surface area contributed by atoms with Gasteiger partial charge in [-0.15, -0.1) is 0 Å². The van der Waals surface area contributed by atoms with Gasteiger partial charge in [-0.25, -0.2) is 4.79 Å². The number of rotatable bonds is 8. The summed E-state index contributed by atoms with van der Waals surface area (Å²) in [6, 6.07) is 15.8. The Morgan fingerprint density at radius 2 is 1.61 bits per heavy atom. The van der Waals surface area contributed by atoms with Crippen molar-refractivity contribution < 1.29 is 28.8 Å². The maximum Gasteiger partial charge on any atom is 0.315 e. The quantitative estimate of drug-likeness (QED) is 0.486. The summed E-state index contributed by atoms with van der Waals surface area (Å²) in [5.74, 6) is -0.389. The summed E-state index contributed by atoms with van der Waals surface area (Å²) in [5.41, 5.74) is 3.90. The summed E-state index contributed by atoms with van der Waals surface area (Å²) in [6.45, 7) is 6.95. The summed E-state index contributed by atoms with van der Waals surface area (Å²) in [5, 5.41) is 15.0. The van der Waals surface area contributed by atoms with Crippen LogP contribution in [0.3, 0.4) is 0 Å². The summed E-state index contributed by atoms with van der Waals surface area (Å²) < 4.78 is 24.8. The second kappa shape index (κ2) is 12.5. The van der Waals surface area contributed by atoms with Gasteiger partial charge in [-0.05, 0) is 23.6 Å². The van der Waals surface area contributed by atoms with E-state index in [-0.39, 0.29) is 30.6 Å². The number of nitrogens with zero attached hydrogens (tertiary/aromatic N) is 1. The molecule has 2 amide bonds. The van der Waals surface area contributed by atoms with Crippen LogP contribution in [-0.4, -0.2) is 67.3 Å². The van der Waals surface area contributed by atoms with Crippen molar-refractivity contribution in [3.63, 3.8) is 0 Å². The van der Waals surface area contributed by atoms with E-state index < -0.39 is 6.29 Å². The number of hydrogen-bond acceptors (Lipinski definition) is 7. The second-order valence-electron chi connectivity index (χ2n) is 10.2. The van der Waals surface area contributed by atoms with Crippen LogP contribution in [0, 0.1) is 0 Å². The van der Waals surface area contributed by atoms with Crippen LogP contribution < -0.4 is 10.6 Å². The normalized spacial score (nSPS) is 25.4. The molecule has 0 bridgehead atoms. The van der Waals surface area contributed by atoms with Crippen molar-refractivity contribution in [2.24, 2.45) is 0 Å². The number of urea groups is 1. The lowest BCUT2D eigenvalue weighted by molar-refractivity contribution is -0.255. The van der Waals surface area contributed by atoms with E-state index in [0.29, 0.717) is 26.3 Å². The molecule has 5 rings (SSSR count). The van der Waals surface area contributed by atoms with Gasteiger partial charge in [0.05, 0.1) is 32.0 Å². The minimum absolute atomic E-state index is 0.00480. The highest BCUT2D eigenvalue weighted by molar-refractivity contribution is 5.73. The molecular formula is C29H39N3O6. The van der Waals surface area contributed by atoms with E-state index in [4.69, 9.17) is 18.9 Å². The summed E-state index contributed by atoms with van der Waals surface area (Å²) in [7, 11) is 0. The van der Waals surface area contributed by atoms with Gasteiger partial charge in [0.1, 0.15) is 0 Å². The number of carbonyl (C=O) groups is 1. The molecule has 0 aliphatic carbocycles. The van der Waals surface area contributed by atoms with Gasteiger partial charge in [-0.2, -0.15) is 0 Å². The highest BCUT2D eigenvalue weighted by Gasteiger charge is 2.41. The maximum absolute atomic E-state index is 11.7. The fourth-order valence-corrected chi connectivity index (χ4v) is 5.38. The lowest BCUT2D eigenvalue weighted by Crippen LogP contribution is -2.48. The average molecular weight is 526 g/mol. The van der Waals surface area contributed by atoms with E-state index in [9.17, 15) is 9.90 Å². The number of carbonyl (C=O) groups excluding carboxylic acids is 1. The SMILES string of the molecule is CCNC(=O)NCc1ccc(C2OC(CN3CCC4(CC3)OCCO4)CC(c3ccc(CO)cc3)O2)cc1. The first-order valence-corrected chi connectivity index (χ1v) is 13.7. The molecule has 0 aromatic heterocycles. The van der Waals surface area contributed by atoms with Crippen molar-refractivity contribution in [2.45, 2.75) is 63.6 Å². The Morgan fingerprint density at radius 3 is 2.26 bits per heavy atom. The Bertz CT molecular complexity index is 1030. The Balaban J connectivity index is 1.26. The van der Waals surface area contributed by atoms with Gasteiger partial charge >= 0.3 is 6.03 Å². The van der Waals surface area contributed by atoms with E-state index >= 15 is 0 Å². The number of benzene rings is 2. The molecular weight excluding hydrogens is 486 g/mol. The predicted molar refractivity (Wildman–Crippen MR) is 141 cm³/mol. The molecule has 9 heteroatoms. The van der Waals surface area contributed by atoms with Crippen LogP contribution in [0.5, 0.6) is 0 Å². The molecule has 3 unspecified atom stereocenters. The molecule has 38 heavy (non-hydrogen) atoms. The van der Waals surface area contributed by atoms with Gasteiger partial charge in [-0.1, -0.05) is 48.5 Å². The number of likely N-dealkylation sites (tertiary alicyclic amines) is 1. The highest BCUT2D eigenvalue weighted by Crippen LogP contribution is 2.39. The van der Waals surface area contributed by atoms with E-state index in [1.165, 1.54) is 0 Å². The van der Waals surface area contributed by atoms with Crippen LogP contribution in [0.15, 0.2) is 48.5 Å². The van der Waals surface area contributed by atoms with Crippen LogP contribution in [0.1, 0.15) is 60.8 Å². The van der Waals surface area contributed by atoms with Gasteiger partial charge in [0.2, 0.25) is 0 Å². The van der Waals surface area contributed by atoms with Crippen molar-refractivity contribution in [1.82, 2.24) is 15.5 Å². The zero-order valence-corrected chi connectivity index (χ0v) is 22.1. The lowest BCUT2D eigenvalue weighted by atomic mass is 9.98. The highest BCUT2D eigenvalue weighted by atomic mass is 16.7. The van der Waals surface area contributed by atoms with Gasteiger partial charge in [0.15, 0.2) is 12.1 Å². The van der Waals surface area contributed by atoms with E-state index in [1.54, 1.807) is 0 Å². The molecule has 0 radical (unpaired) electrons. The van der Waals surface area contributed by atoms with Crippen molar-refractivity contribution in [3.05, 3.63) is 70.8 Å². The minimum atomic E-state index is -0.501. The van der Waals surface area contributed by atoms with E-state index in [0.717, 1.165) is 61.2 Å². The third-order valence-corrected chi connectivity index (χ3v) is 7.55. The number of piperidine rings is 1. The smallest absolute Gasteiger partial charge is 0.315 e. The average Bonchev–Trinajstić information content (AvgIpc) is 3.41. The number of aliphatic hydroxyl groups excluding tert-OH is 1. The predicted octanol–water partition coefficient (Wildman–Crippen LogP) is 3.38. The standard InChI is InChI=1S/C29H39N3O6/c1-2-30-28(34)31-18-21-3-9-24(10-4-21)27-37-25(17-26(38-27)23-7-5-22(20-33)6-8-23)19-32-13-11-29(12-14-32)35-15-16-36-29/h3-10,25-27,33H,2,11-20H2,1H3,(H2,30,31,34). The molecule has 0 saturated carbocycles. The fourth-order valence-electron chi connectivity index (χ4n) is 5.38. The molecule has 9 nitrogen and oxygen atoms in total. The van der Waals surface area contributed by atoms with Crippen molar-refractivity contribution in [1.29, 1.82) is 0 Å². The maximum atomic E-state index is 11.7. The molecule has 1 spiro atoms. The molecule has 3 atom stereocenters. The van der Waals surface area contributed by atoms with Crippen LogP contribution in [0.4, 0.5) is 4.79 Å². The molecule has 206 valence electrons.